The molecule has 0 saturated heterocycles. The van der Waals surface area contributed by atoms with Crippen molar-refractivity contribution < 1.29 is 0 Å². The molecule has 1 rings (SSSR count). The molecule has 1 heterocycles. The van der Waals surface area contributed by atoms with E-state index in [0.29, 0.717) is 5.17 Å². The number of pyridine rings is 1. The molecule has 0 aliphatic heterocycles. The van der Waals surface area contributed by atoms with Crippen LogP contribution in [-0.2, 0) is 0 Å². The van der Waals surface area contributed by atoms with Gasteiger partial charge in [-0.05, 0) is 12.1 Å². The highest BCUT2D eigenvalue weighted by Crippen LogP contribution is 2.14. The first-order chi connectivity index (χ1) is 5.33. The molecule has 0 unspecified atom stereocenters. The third-order valence-electron chi connectivity index (χ3n) is 1.08. The summed E-state index contributed by atoms with van der Waals surface area (Å²) >= 11 is 1.41. The molecule has 0 atom stereocenters. The summed E-state index contributed by atoms with van der Waals surface area (Å²) in [6.45, 7) is 0. The van der Waals surface area contributed by atoms with E-state index in [9.17, 15) is 0 Å². The van der Waals surface area contributed by atoms with Crippen LogP contribution in [0.25, 0.3) is 0 Å². The number of thioether (sulfide) groups is 1. The van der Waals surface area contributed by atoms with Gasteiger partial charge in [0.2, 0.25) is 0 Å². The van der Waals surface area contributed by atoms with E-state index in [1.165, 1.54) is 11.8 Å². The Labute approximate surface area is 69.7 Å². The first kappa shape index (κ1) is 8.07. The molecule has 3 nitrogen and oxygen atoms in total. The SMILES string of the molecule is CN=C(N)Sc1cccnc1. The normalized spacial score (nSPS) is 11.5. The molecule has 0 radical (unpaired) electrons. The number of nitrogens with two attached hydrogens (primary N) is 1. The van der Waals surface area contributed by atoms with Crippen LogP contribution in [0.15, 0.2) is 34.4 Å². The van der Waals surface area contributed by atoms with E-state index < -0.39 is 0 Å². The molecule has 4 heteroatoms. The summed E-state index contributed by atoms with van der Waals surface area (Å²) in [5.74, 6) is 0. The topological polar surface area (TPSA) is 51.3 Å². The Bertz CT molecular complexity index is 245. The van der Waals surface area contributed by atoms with Crippen molar-refractivity contribution in [3.63, 3.8) is 0 Å². The molecule has 1 aromatic heterocycles. The van der Waals surface area contributed by atoms with E-state index in [2.05, 4.69) is 9.98 Å². The second-order valence-corrected chi connectivity index (χ2v) is 2.95. The third-order valence-corrected chi connectivity index (χ3v) is 1.95. The third kappa shape index (κ3) is 2.59. The van der Waals surface area contributed by atoms with Crippen molar-refractivity contribution in [2.24, 2.45) is 10.7 Å². The fraction of sp³-hybridized carbons (Fsp3) is 0.143. The molecule has 0 aliphatic carbocycles. The molecule has 0 bridgehead atoms. The highest BCUT2D eigenvalue weighted by molar-refractivity contribution is 8.13. The molecule has 0 fully saturated rings. The van der Waals surface area contributed by atoms with E-state index in [1.807, 2.05) is 12.1 Å². The lowest BCUT2D eigenvalue weighted by Crippen LogP contribution is -2.05. The Morgan fingerprint density at radius 2 is 2.55 bits per heavy atom. The zero-order valence-corrected chi connectivity index (χ0v) is 7.01. The van der Waals surface area contributed by atoms with Crippen LogP contribution >= 0.6 is 11.8 Å². The molecule has 0 amide bonds. The summed E-state index contributed by atoms with van der Waals surface area (Å²) in [4.78, 5) is 8.76. The van der Waals surface area contributed by atoms with E-state index in [-0.39, 0.29) is 0 Å². The summed E-state index contributed by atoms with van der Waals surface area (Å²) in [5, 5.41) is 0.554. The van der Waals surface area contributed by atoms with Gasteiger partial charge in [0.05, 0.1) is 0 Å². The average molecular weight is 167 g/mol. The maximum atomic E-state index is 5.49. The quantitative estimate of drug-likeness (QED) is 0.387. The lowest BCUT2D eigenvalue weighted by Gasteiger charge is -1.96. The van der Waals surface area contributed by atoms with Crippen molar-refractivity contribution in [3.8, 4) is 0 Å². The number of aromatic nitrogens is 1. The molecule has 0 saturated carbocycles. The predicted octanol–water partition coefficient (Wildman–Crippen LogP) is 1.12. The maximum Gasteiger partial charge on any atom is 0.158 e. The predicted molar refractivity (Wildman–Crippen MR) is 47.6 cm³/mol. The van der Waals surface area contributed by atoms with E-state index in [1.54, 1.807) is 19.4 Å². The monoisotopic (exact) mass is 167 g/mol. The van der Waals surface area contributed by atoms with Crippen LogP contribution in [-0.4, -0.2) is 17.2 Å². The number of rotatable bonds is 1. The largest absolute Gasteiger partial charge is 0.378 e. The minimum Gasteiger partial charge on any atom is -0.378 e. The summed E-state index contributed by atoms with van der Waals surface area (Å²) < 4.78 is 0. The van der Waals surface area contributed by atoms with Gasteiger partial charge in [-0.25, -0.2) is 0 Å². The molecule has 11 heavy (non-hydrogen) atoms. The van der Waals surface area contributed by atoms with Crippen LogP contribution in [0.1, 0.15) is 0 Å². The van der Waals surface area contributed by atoms with E-state index in [4.69, 9.17) is 5.73 Å². The first-order valence-electron chi connectivity index (χ1n) is 3.13. The number of aliphatic imine (C=N–C) groups is 1. The minimum atomic E-state index is 0.554. The van der Waals surface area contributed by atoms with Gasteiger partial charge in [-0.15, -0.1) is 0 Å². The smallest absolute Gasteiger partial charge is 0.158 e. The van der Waals surface area contributed by atoms with Crippen LogP contribution in [0.4, 0.5) is 0 Å². The Balaban J connectivity index is 2.65. The van der Waals surface area contributed by atoms with Crippen molar-refractivity contribution in [2.45, 2.75) is 4.90 Å². The molecule has 0 aliphatic rings. The summed E-state index contributed by atoms with van der Waals surface area (Å²) in [6, 6.07) is 3.81. The highest BCUT2D eigenvalue weighted by Gasteiger charge is 1.94. The molecule has 2 N–H and O–H groups in total. The van der Waals surface area contributed by atoms with Crippen molar-refractivity contribution in [2.75, 3.05) is 7.05 Å². The van der Waals surface area contributed by atoms with Crippen molar-refractivity contribution in [3.05, 3.63) is 24.5 Å². The summed E-state index contributed by atoms with van der Waals surface area (Å²) in [6.07, 6.45) is 3.48. The number of amidine groups is 1. The molecular formula is C7H9N3S. The molecular weight excluding hydrogens is 158 g/mol. The van der Waals surface area contributed by atoms with Crippen LogP contribution in [0.5, 0.6) is 0 Å². The number of nitrogens with zero attached hydrogens (tertiary/aromatic N) is 2. The van der Waals surface area contributed by atoms with E-state index in [0.717, 1.165) is 4.90 Å². The summed E-state index contributed by atoms with van der Waals surface area (Å²) in [5.41, 5.74) is 5.49. The maximum absolute atomic E-state index is 5.49. The van der Waals surface area contributed by atoms with Gasteiger partial charge in [0, 0.05) is 24.3 Å². The zero-order valence-electron chi connectivity index (χ0n) is 6.19. The van der Waals surface area contributed by atoms with E-state index >= 15 is 0 Å². The highest BCUT2D eigenvalue weighted by atomic mass is 32.2. The van der Waals surface area contributed by atoms with Crippen LogP contribution in [0.2, 0.25) is 0 Å². The fourth-order valence-corrected chi connectivity index (χ4v) is 1.17. The van der Waals surface area contributed by atoms with Crippen LogP contribution in [0, 0.1) is 0 Å². The van der Waals surface area contributed by atoms with Gasteiger partial charge in [-0.3, -0.25) is 9.98 Å². The fourth-order valence-electron chi connectivity index (χ4n) is 0.574. The standard InChI is InChI=1S/C7H9N3S/c1-9-7(8)11-6-3-2-4-10-5-6/h2-5H,1H3,(H2,8,9). The van der Waals surface area contributed by atoms with Gasteiger partial charge in [0.15, 0.2) is 5.17 Å². The lowest BCUT2D eigenvalue weighted by molar-refractivity contribution is 1.24. The lowest BCUT2D eigenvalue weighted by atomic mass is 10.5. The van der Waals surface area contributed by atoms with Gasteiger partial charge < -0.3 is 5.73 Å². The molecule has 58 valence electrons. The Hall–Kier alpha value is -1.03. The Morgan fingerprint density at radius 3 is 3.09 bits per heavy atom. The van der Waals surface area contributed by atoms with Gasteiger partial charge in [-0.2, -0.15) is 0 Å². The molecule has 0 aromatic carbocycles. The van der Waals surface area contributed by atoms with Gasteiger partial charge in [0.1, 0.15) is 0 Å². The Morgan fingerprint density at radius 1 is 1.73 bits per heavy atom. The average Bonchev–Trinajstić information content (AvgIpc) is 2.06. The van der Waals surface area contributed by atoms with Crippen molar-refractivity contribution in [1.82, 2.24) is 4.98 Å². The van der Waals surface area contributed by atoms with Crippen LogP contribution in [0.3, 0.4) is 0 Å². The zero-order chi connectivity index (χ0) is 8.10. The van der Waals surface area contributed by atoms with Gasteiger partial charge in [0.25, 0.3) is 0 Å². The van der Waals surface area contributed by atoms with Crippen molar-refractivity contribution in [1.29, 1.82) is 0 Å². The van der Waals surface area contributed by atoms with Crippen LogP contribution < -0.4 is 5.73 Å². The second-order valence-electron chi connectivity index (χ2n) is 1.85. The number of hydrogen-bond acceptors (Lipinski definition) is 3. The number of hydrogen-bond donors (Lipinski definition) is 1. The first-order valence-corrected chi connectivity index (χ1v) is 3.94. The Kier molecular flexibility index (Phi) is 2.92. The van der Waals surface area contributed by atoms with Gasteiger partial charge in [-0.1, -0.05) is 11.8 Å². The second kappa shape index (κ2) is 3.98. The molecule has 1 aromatic rings. The van der Waals surface area contributed by atoms with Gasteiger partial charge >= 0.3 is 0 Å². The summed E-state index contributed by atoms with van der Waals surface area (Å²) in [7, 11) is 1.67. The minimum absolute atomic E-state index is 0.554. The molecule has 0 spiro atoms. The van der Waals surface area contributed by atoms with Crippen molar-refractivity contribution >= 4 is 16.9 Å².